The first-order valence-corrected chi connectivity index (χ1v) is 8.03. The number of benzene rings is 1. The summed E-state index contributed by atoms with van der Waals surface area (Å²) >= 11 is 3.53. The van der Waals surface area contributed by atoms with Crippen LogP contribution in [0.5, 0.6) is 5.88 Å². The van der Waals surface area contributed by atoms with Crippen molar-refractivity contribution in [3.05, 3.63) is 57.7 Å². The third-order valence-electron chi connectivity index (χ3n) is 3.08. The smallest absolute Gasteiger partial charge is 0.214 e. The molecular formula is C17H21BrN2O. The number of nitrogens with one attached hydrogen (secondary N) is 1. The molecule has 1 aromatic carbocycles. The zero-order chi connectivity index (χ0) is 15.1. The van der Waals surface area contributed by atoms with E-state index in [1.54, 1.807) is 0 Å². The lowest BCUT2D eigenvalue weighted by molar-refractivity contribution is 0.292. The fraction of sp³-hybridized carbons (Fsp3) is 0.353. The zero-order valence-electron chi connectivity index (χ0n) is 12.5. The molecule has 0 amide bonds. The maximum absolute atomic E-state index is 5.83. The highest BCUT2D eigenvalue weighted by Gasteiger charge is 2.04. The monoisotopic (exact) mass is 348 g/mol. The molecule has 0 atom stereocenters. The Morgan fingerprint density at radius 1 is 1.24 bits per heavy atom. The van der Waals surface area contributed by atoms with Gasteiger partial charge in [0.1, 0.15) is 6.61 Å². The zero-order valence-corrected chi connectivity index (χ0v) is 14.1. The van der Waals surface area contributed by atoms with Crippen molar-refractivity contribution in [2.75, 3.05) is 6.54 Å². The van der Waals surface area contributed by atoms with Gasteiger partial charge in [0.05, 0.1) is 0 Å². The van der Waals surface area contributed by atoms with Gasteiger partial charge in [0.15, 0.2) is 0 Å². The van der Waals surface area contributed by atoms with Crippen molar-refractivity contribution in [2.24, 2.45) is 0 Å². The van der Waals surface area contributed by atoms with E-state index in [4.69, 9.17) is 4.74 Å². The molecule has 0 spiro atoms. The van der Waals surface area contributed by atoms with Crippen LogP contribution in [0.2, 0.25) is 0 Å². The summed E-state index contributed by atoms with van der Waals surface area (Å²) in [5.41, 5.74) is 3.30. The predicted molar refractivity (Wildman–Crippen MR) is 89.4 cm³/mol. The van der Waals surface area contributed by atoms with Crippen LogP contribution < -0.4 is 10.1 Å². The average molecular weight is 349 g/mol. The summed E-state index contributed by atoms with van der Waals surface area (Å²) in [5.74, 6) is 0.680. The lowest BCUT2D eigenvalue weighted by atomic mass is 10.2. The number of pyridine rings is 1. The molecule has 0 aliphatic heterocycles. The van der Waals surface area contributed by atoms with E-state index in [1.165, 1.54) is 5.56 Å². The Morgan fingerprint density at radius 3 is 2.81 bits per heavy atom. The second-order valence-electron chi connectivity index (χ2n) is 5.01. The molecule has 0 bridgehead atoms. The van der Waals surface area contributed by atoms with Gasteiger partial charge in [0.25, 0.3) is 0 Å². The van der Waals surface area contributed by atoms with E-state index in [2.05, 4.69) is 39.2 Å². The molecule has 4 heteroatoms. The fourth-order valence-electron chi connectivity index (χ4n) is 2.06. The molecule has 0 radical (unpaired) electrons. The minimum Gasteiger partial charge on any atom is -0.473 e. The summed E-state index contributed by atoms with van der Waals surface area (Å²) in [6.45, 7) is 6.54. The van der Waals surface area contributed by atoms with Crippen molar-refractivity contribution >= 4 is 15.9 Å². The molecule has 0 unspecified atom stereocenters. The summed E-state index contributed by atoms with van der Waals surface area (Å²) < 4.78 is 6.89. The van der Waals surface area contributed by atoms with Gasteiger partial charge in [0.2, 0.25) is 5.88 Å². The molecule has 1 aromatic heterocycles. The largest absolute Gasteiger partial charge is 0.473 e. The van der Waals surface area contributed by atoms with Gasteiger partial charge in [-0.25, -0.2) is 4.98 Å². The Labute approximate surface area is 134 Å². The van der Waals surface area contributed by atoms with Gasteiger partial charge in [0, 0.05) is 28.3 Å². The Hall–Kier alpha value is -1.39. The Kier molecular flexibility index (Phi) is 6.21. The molecule has 1 N–H and O–H groups in total. The van der Waals surface area contributed by atoms with E-state index in [1.807, 2.05) is 37.3 Å². The van der Waals surface area contributed by atoms with Crippen molar-refractivity contribution in [1.82, 2.24) is 10.3 Å². The number of hydrogen-bond acceptors (Lipinski definition) is 3. The molecule has 21 heavy (non-hydrogen) atoms. The van der Waals surface area contributed by atoms with Gasteiger partial charge in [-0.3, -0.25) is 0 Å². The third-order valence-corrected chi connectivity index (χ3v) is 3.85. The van der Waals surface area contributed by atoms with Gasteiger partial charge in [-0.15, -0.1) is 0 Å². The molecule has 0 saturated carbocycles. The Morgan fingerprint density at radius 2 is 2.05 bits per heavy atom. The fourth-order valence-corrected chi connectivity index (χ4v) is 2.46. The number of ether oxygens (including phenoxy) is 1. The van der Waals surface area contributed by atoms with Gasteiger partial charge in [-0.05, 0) is 37.6 Å². The number of aryl methyl sites for hydroxylation is 1. The third kappa shape index (κ3) is 5.14. The molecule has 2 rings (SSSR count). The molecule has 0 aliphatic carbocycles. The van der Waals surface area contributed by atoms with Crippen molar-refractivity contribution in [3.8, 4) is 5.88 Å². The standard InChI is InChI=1S/C17H21BrN2O/c1-3-8-19-11-14-9-13(2)20-17(10-14)21-12-15-6-4-5-7-16(15)18/h4-7,9-10,19H,3,8,11-12H2,1-2H3. The molecule has 1 heterocycles. The van der Waals surface area contributed by atoms with Crippen LogP contribution in [0.15, 0.2) is 40.9 Å². The van der Waals surface area contributed by atoms with Crippen LogP contribution in [0.3, 0.4) is 0 Å². The van der Waals surface area contributed by atoms with Crippen LogP contribution >= 0.6 is 15.9 Å². The Bertz CT molecular complexity index is 587. The van der Waals surface area contributed by atoms with E-state index in [0.717, 1.165) is 35.2 Å². The number of aromatic nitrogens is 1. The second-order valence-corrected chi connectivity index (χ2v) is 5.87. The highest BCUT2D eigenvalue weighted by molar-refractivity contribution is 9.10. The van der Waals surface area contributed by atoms with Crippen molar-refractivity contribution in [2.45, 2.75) is 33.4 Å². The highest BCUT2D eigenvalue weighted by atomic mass is 79.9. The van der Waals surface area contributed by atoms with E-state index in [9.17, 15) is 0 Å². The van der Waals surface area contributed by atoms with E-state index in [0.29, 0.717) is 12.5 Å². The summed E-state index contributed by atoms with van der Waals surface area (Å²) in [7, 11) is 0. The SMILES string of the molecule is CCCNCc1cc(C)nc(OCc2ccccc2Br)c1. The molecule has 0 fully saturated rings. The number of nitrogens with zero attached hydrogens (tertiary/aromatic N) is 1. The predicted octanol–water partition coefficient (Wildman–Crippen LogP) is 4.23. The summed E-state index contributed by atoms with van der Waals surface area (Å²) in [6, 6.07) is 12.2. The minimum absolute atomic E-state index is 0.514. The van der Waals surface area contributed by atoms with Crippen LogP contribution in [0, 0.1) is 6.92 Å². The van der Waals surface area contributed by atoms with Gasteiger partial charge >= 0.3 is 0 Å². The topological polar surface area (TPSA) is 34.2 Å². The van der Waals surface area contributed by atoms with Crippen LogP contribution in [-0.2, 0) is 13.2 Å². The number of halogens is 1. The quantitative estimate of drug-likeness (QED) is 0.760. The lowest BCUT2D eigenvalue weighted by Gasteiger charge is -2.10. The molecule has 3 nitrogen and oxygen atoms in total. The normalized spacial score (nSPS) is 10.6. The van der Waals surface area contributed by atoms with Gasteiger partial charge in [-0.2, -0.15) is 0 Å². The number of rotatable bonds is 7. The van der Waals surface area contributed by atoms with E-state index in [-0.39, 0.29) is 0 Å². The van der Waals surface area contributed by atoms with Crippen molar-refractivity contribution in [1.29, 1.82) is 0 Å². The molecule has 112 valence electrons. The van der Waals surface area contributed by atoms with Gasteiger partial charge < -0.3 is 10.1 Å². The second kappa shape index (κ2) is 8.15. The van der Waals surface area contributed by atoms with E-state index >= 15 is 0 Å². The van der Waals surface area contributed by atoms with Crippen molar-refractivity contribution in [3.63, 3.8) is 0 Å². The molecule has 0 saturated heterocycles. The first-order chi connectivity index (χ1) is 10.2. The first-order valence-electron chi connectivity index (χ1n) is 7.23. The van der Waals surface area contributed by atoms with Crippen LogP contribution in [0.4, 0.5) is 0 Å². The van der Waals surface area contributed by atoms with Gasteiger partial charge in [-0.1, -0.05) is 41.1 Å². The van der Waals surface area contributed by atoms with Crippen LogP contribution in [0.1, 0.15) is 30.2 Å². The van der Waals surface area contributed by atoms with Crippen LogP contribution in [0.25, 0.3) is 0 Å². The minimum atomic E-state index is 0.514. The highest BCUT2D eigenvalue weighted by Crippen LogP contribution is 2.19. The lowest BCUT2D eigenvalue weighted by Crippen LogP contribution is -2.14. The van der Waals surface area contributed by atoms with Crippen LogP contribution in [-0.4, -0.2) is 11.5 Å². The molecule has 0 aliphatic rings. The summed E-state index contributed by atoms with van der Waals surface area (Å²) in [4.78, 5) is 4.44. The van der Waals surface area contributed by atoms with Crippen molar-refractivity contribution < 1.29 is 4.74 Å². The summed E-state index contributed by atoms with van der Waals surface area (Å²) in [6.07, 6.45) is 1.13. The summed E-state index contributed by atoms with van der Waals surface area (Å²) in [5, 5.41) is 3.40. The van der Waals surface area contributed by atoms with E-state index < -0.39 is 0 Å². The maximum atomic E-state index is 5.83. The molecular weight excluding hydrogens is 328 g/mol. The maximum Gasteiger partial charge on any atom is 0.214 e. The first kappa shape index (κ1) is 16.0. The average Bonchev–Trinajstić information content (AvgIpc) is 2.46. The number of hydrogen-bond donors (Lipinski definition) is 1. The Balaban J connectivity index is 2.01. The molecule has 2 aromatic rings.